The highest BCUT2D eigenvalue weighted by molar-refractivity contribution is 5.75. The van der Waals surface area contributed by atoms with Crippen molar-refractivity contribution in [1.82, 2.24) is 24.3 Å². The number of imidazole rings is 1. The first-order valence-electron chi connectivity index (χ1n) is 13.5. The molecule has 0 spiro atoms. The molecule has 6 rings (SSSR count). The van der Waals surface area contributed by atoms with E-state index in [2.05, 4.69) is 64.6 Å². The van der Waals surface area contributed by atoms with E-state index in [1.54, 1.807) is 0 Å². The van der Waals surface area contributed by atoms with Crippen molar-refractivity contribution >= 4 is 11.0 Å². The third-order valence-corrected chi connectivity index (χ3v) is 8.65. The summed E-state index contributed by atoms with van der Waals surface area (Å²) >= 11 is 0. The van der Waals surface area contributed by atoms with E-state index < -0.39 is 0 Å². The van der Waals surface area contributed by atoms with Gasteiger partial charge in [0.2, 0.25) is 0 Å². The van der Waals surface area contributed by atoms with Crippen molar-refractivity contribution in [2.45, 2.75) is 77.5 Å². The Labute approximate surface area is 204 Å². The van der Waals surface area contributed by atoms with Crippen LogP contribution in [0.3, 0.4) is 0 Å². The predicted molar refractivity (Wildman–Crippen MR) is 138 cm³/mol. The van der Waals surface area contributed by atoms with Crippen LogP contribution < -0.4 is 0 Å². The average molecular weight is 458 g/mol. The van der Waals surface area contributed by atoms with Crippen LogP contribution in [0.4, 0.5) is 0 Å². The minimum Gasteiger partial charge on any atom is -0.327 e. The highest BCUT2D eigenvalue weighted by atomic mass is 15.2. The van der Waals surface area contributed by atoms with Crippen LogP contribution in [0.1, 0.15) is 69.1 Å². The standard InChI is InChI=1S/C29H39N5/c1-21(2)32-16-6-8-22(18-32)19-34-26-12-4-3-11-25(26)31-27(34)20-33-17-7-10-24-14-13-23-9-5-15-30-28(23)29(24)33/h3-5,9,11-12,15,21-22,24,29H,6-8,10,13-14,16-20H2,1-2H3/t22-,24-,29-/m0/s1. The summed E-state index contributed by atoms with van der Waals surface area (Å²) in [5, 5.41) is 0. The molecule has 0 N–H and O–H groups in total. The number of fused-ring (bicyclic) bond motifs is 4. The van der Waals surface area contributed by atoms with Crippen molar-refractivity contribution in [3.8, 4) is 0 Å². The van der Waals surface area contributed by atoms with Gasteiger partial charge in [-0.1, -0.05) is 18.2 Å². The number of aromatic nitrogens is 3. The summed E-state index contributed by atoms with van der Waals surface area (Å²) in [5.74, 6) is 2.66. The summed E-state index contributed by atoms with van der Waals surface area (Å²) < 4.78 is 2.57. The van der Waals surface area contributed by atoms with Gasteiger partial charge >= 0.3 is 0 Å². The summed E-state index contributed by atoms with van der Waals surface area (Å²) in [6, 6.07) is 14.2. The van der Waals surface area contributed by atoms with E-state index in [0.29, 0.717) is 18.0 Å². The quantitative estimate of drug-likeness (QED) is 0.510. The number of pyridine rings is 1. The lowest BCUT2D eigenvalue weighted by Gasteiger charge is -2.44. The van der Waals surface area contributed by atoms with Crippen molar-refractivity contribution in [3.63, 3.8) is 0 Å². The molecule has 0 bridgehead atoms. The number of hydrogen-bond acceptors (Lipinski definition) is 4. The fourth-order valence-electron chi connectivity index (χ4n) is 6.90. The lowest BCUT2D eigenvalue weighted by atomic mass is 9.77. The molecule has 1 aliphatic carbocycles. The summed E-state index contributed by atoms with van der Waals surface area (Å²) in [6.07, 6.45) is 9.72. The molecule has 5 heteroatoms. The van der Waals surface area contributed by atoms with Crippen molar-refractivity contribution < 1.29 is 0 Å². The van der Waals surface area contributed by atoms with Crippen LogP contribution in [0.2, 0.25) is 0 Å². The number of aryl methyl sites for hydroxylation is 1. The van der Waals surface area contributed by atoms with Gasteiger partial charge in [0.15, 0.2) is 0 Å². The molecule has 3 aliphatic rings. The maximum atomic E-state index is 5.21. The molecule has 4 heterocycles. The Bertz CT molecular complexity index is 1130. The Balaban J connectivity index is 1.31. The van der Waals surface area contributed by atoms with E-state index in [0.717, 1.165) is 31.1 Å². The molecule has 0 saturated carbocycles. The molecule has 5 nitrogen and oxygen atoms in total. The number of benzene rings is 1. The Hall–Kier alpha value is -2.24. The van der Waals surface area contributed by atoms with Crippen molar-refractivity contribution in [2.75, 3.05) is 19.6 Å². The first kappa shape index (κ1) is 22.2. The van der Waals surface area contributed by atoms with Gasteiger partial charge < -0.3 is 9.47 Å². The number of likely N-dealkylation sites (tertiary alicyclic amines) is 2. The second-order valence-corrected chi connectivity index (χ2v) is 11.1. The third-order valence-electron chi connectivity index (χ3n) is 8.65. The lowest BCUT2D eigenvalue weighted by molar-refractivity contribution is 0.0656. The number of rotatable bonds is 5. The average Bonchev–Trinajstić information content (AvgIpc) is 3.21. The SMILES string of the molecule is CC(C)N1CCC[C@H](Cn2c(CN3CCC[C@H]4CCc5cccnc5[C@H]43)nc3ccccc32)C1. The zero-order valence-corrected chi connectivity index (χ0v) is 20.9. The maximum Gasteiger partial charge on any atom is 0.124 e. The number of nitrogens with zero attached hydrogens (tertiary/aromatic N) is 5. The van der Waals surface area contributed by atoms with Gasteiger partial charge in [-0.25, -0.2) is 4.98 Å². The Morgan fingerprint density at radius 1 is 1.00 bits per heavy atom. The fourth-order valence-corrected chi connectivity index (χ4v) is 6.90. The molecule has 180 valence electrons. The zero-order valence-electron chi connectivity index (χ0n) is 20.9. The molecular formula is C29H39N5. The molecule has 0 unspecified atom stereocenters. The Kier molecular flexibility index (Phi) is 6.17. The molecule has 1 aromatic carbocycles. The van der Waals surface area contributed by atoms with Gasteiger partial charge in [0.25, 0.3) is 0 Å². The topological polar surface area (TPSA) is 37.2 Å². The molecule has 2 fully saturated rings. The smallest absolute Gasteiger partial charge is 0.124 e. The van der Waals surface area contributed by atoms with E-state index in [9.17, 15) is 0 Å². The first-order valence-corrected chi connectivity index (χ1v) is 13.5. The molecule has 2 saturated heterocycles. The normalized spacial score (nSPS) is 26.0. The fraction of sp³-hybridized carbons (Fsp3) is 0.586. The van der Waals surface area contributed by atoms with E-state index in [-0.39, 0.29) is 0 Å². The maximum absolute atomic E-state index is 5.21. The Morgan fingerprint density at radius 2 is 1.88 bits per heavy atom. The van der Waals surface area contributed by atoms with Crippen molar-refractivity contribution in [1.29, 1.82) is 0 Å². The van der Waals surface area contributed by atoms with Crippen LogP contribution in [-0.2, 0) is 19.5 Å². The summed E-state index contributed by atoms with van der Waals surface area (Å²) in [7, 11) is 0. The molecule has 0 amide bonds. The van der Waals surface area contributed by atoms with Crippen LogP contribution in [0.15, 0.2) is 42.6 Å². The number of hydrogen-bond donors (Lipinski definition) is 0. The summed E-state index contributed by atoms with van der Waals surface area (Å²) in [5.41, 5.74) is 5.24. The second kappa shape index (κ2) is 9.43. The zero-order chi connectivity index (χ0) is 23.1. The number of para-hydroxylation sites is 2. The molecule has 3 atom stereocenters. The third kappa shape index (κ3) is 4.18. The van der Waals surface area contributed by atoms with Gasteiger partial charge in [-0.3, -0.25) is 9.88 Å². The predicted octanol–water partition coefficient (Wildman–Crippen LogP) is 5.45. The van der Waals surface area contributed by atoms with Gasteiger partial charge in [-0.15, -0.1) is 0 Å². The van der Waals surface area contributed by atoms with Gasteiger partial charge in [0.05, 0.1) is 29.3 Å². The highest BCUT2D eigenvalue weighted by Gasteiger charge is 2.38. The van der Waals surface area contributed by atoms with Crippen LogP contribution in [0.5, 0.6) is 0 Å². The Morgan fingerprint density at radius 3 is 2.79 bits per heavy atom. The van der Waals surface area contributed by atoms with E-state index in [4.69, 9.17) is 9.97 Å². The van der Waals surface area contributed by atoms with Gasteiger partial charge in [0, 0.05) is 25.3 Å². The van der Waals surface area contributed by atoms with E-state index in [1.165, 1.54) is 74.2 Å². The summed E-state index contributed by atoms with van der Waals surface area (Å²) in [6.45, 7) is 10.3. The van der Waals surface area contributed by atoms with E-state index >= 15 is 0 Å². The van der Waals surface area contributed by atoms with Crippen LogP contribution >= 0.6 is 0 Å². The van der Waals surface area contributed by atoms with Crippen LogP contribution in [-0.4, -0.2) is 50.0 Å². The minimum atomic E-state index is 0.443. The minimum absolute atomic E-state index is 0.443. The van der Waals surface area contributed by atoms with Gasteiger partial charge in [0.1, 0.15) is 5.82 Å². The largest absolute Gasteiger partial charge is 0.327 e. The molecule has 34 heavy (non-hydrogen) atoms. The molecule has 2 aromatic heterocycles. The molecule has 3 aromatic rings. The van der Waals surface area contributed by atoms with Crippen molar-refractivity contribution in [3.05, 3.63) is 59.7 Å². The molecule has 0 radical (unpaired) electrons. The van der Waals surface area contributed by atoms with Crippen LogP contribution in [0.25, 0.3) is 11.0 Å². The van der Waals surface area contributed by atoms with E-state index in [1.807, 2.05) is 6.20 Å². The molecular weight excluding hydrogens is 418 g/mol. The first-order chi connectivity index (χ1) is 16.7. The summed E-state index contributed by atoms with van der Waals surface area (Å²) in [4.78, 5) is 15.5. The number of piperidine rings is 2. The van der Waals surface area contributed by atoms with Crippen LogP contribution in [0, 0.1) is 11.8 Å². The van der Waals surface area contributed by atoms with Gasteiger partial charge in [-0.2, -0.15) is 0 Å². The second-order valence-electron chi connectivity index (χ2n) is 11.1. The molecule has 2 aliphatic heterocycles. The lowest BCUT2D eigenvalue weighted by Crippen LogP contribution is -2.42. The van der Waals surface area contributed by atoms with Crippen molar-refractivity contribution in [2.24, 2.45) is 11.8 Å². The monoisotopic (exact) mass is 457 g/mol. The highest BCUT2D eigenvalue weighted by Crippen LogP contribution is 2.43. The van der Waals surface area contributed by atoms with Gasteiger partial charge in [-0.05, 0) is 101 Å².